The van der Waals surface area contributed by atoms with E-state index in [1.54, 1.807) is 12.3 Å². The molecule has 0 amide bonds. The van der Waals surface area contributed by atoms with Crippen LogP contribution in [-0.2, 0) is 12.8 Å². The Morgan fingerprint density at radius 2 is 2.03 bits per heavy atom. The van der Waals surface area contributed by atoms with Crippen LogP contribution in [0.1, 0.15) is 35.6 Å². The van der Waals surface area contributed by atoms with Crippen LogP contribution in [0.15, 0.2) is 28.9 Å². The summed E-state index contributed by atoms with van der Waals surface area (Å²) in [7, 11) is 0. The van der Waals surface area contributed by atoms with Crippen LogP contribution >= 0.6 is 0 Å². The van der Waals surface area contributed by atoms with Gasteiger partial charge in [-0.2, -0.15) is 10.2 Å². The van der Waals surface area contributed by atoms with E-state index in [9.17, 15) is 15.5 Å². The average Bonchev–Trinajstić information content (AvgIpc) is 3.25. The van der Waals surface area contributed by atoms with Gasteiger partial charge in [-0.3, -0.25) is 4.90 Å². The van der Waals surface area contributed by atoms with Crippen LogP contribution in [0.5, 0.6) is 0 Å². The summed E-state index contributed by atoms with van der Waals surface area (Å²) >= 11 is 0. The molecular formula is C25H30N6O3. The second-order valence-electron chi connectivity index (χ2n) is 8.51. The maximum atomic E-state index is 9.56. The second-order valence-corrected chi connectivity index (χ2v) is 8.51. The SMILES string of the molecule is CCCNc1ncc(-c2nc(-c3ccc4c(c3C)CCN(C(CO)CO)CC4)no2)cc1C#N. The number of nitrogens with one attached hydrogen (secondary N) is 1. The number of rotatable bonds is 8. The lowest BCUT2D eigenvalue weighted by Gasteiger charge is -2.27. The van der Waals surface area contributed by atoms with Crippen LogP contribution in [0.2, 0.25) is 0 Å². The molecule has 3 heterocycles. The number of aliphatic hydroxyl groups is 2. The number of pyridine rings is 1. The lowest BCUT2D eigenvalue weighted by molar-refractivity contribution is 0.0769. The summed E-state index contributed by atoms with van der Waals surface area (Å²) in [5.41, 5.74) is 5.55. The van der Waals surface area contributed by atoms with Crippen LogP contribution < -0.4 is 5.32 Å². The molecule has 1 aliphatic rings. The maximum absolute atomic E-state index is 9.56. The molecule has 0 radical (unpaired) electrons. The van der Waals surface area contributed by atoms with Crippen molar-refractivity contribution < 1.29 is 14.7 Å². The Morgan fingerprint density at radius 1 is 1.24 bits per heavy atom. The number of fused-ring (bicyclic) bond motifs is 1. The highest BCUT2D eigenvalue weighted by Crippen LogP contribution is 2.30. The van der Waals surface area contributed by atoms with Crippen molar-refractivity contribution >= 4 is 5.82 Å². The molecule has 34 heavy (non-hydrogen) atoms. The third-order valence-electron chi connectivity index (χ3n) is 6.42. The zero-order valence-electron chi connectivity index (χ0n) is 19.6. The zero-order valence-corrected chi connectivity index (χ0v) is 19.6. The number of nitrogens with zero attached hydrogens (tertiary/aromatic N) is 5. The number of aromatic nitrogens is 3. The topological polar surface area (TPSA) is 131 Å². The van der Waals surface area contributed by atoms with E-state index in [1.807, 2.05) is 6.07 Å². The van der Waals surface area contributed by atoms with Crippen molar-refractivity contribution in [1.82, 2.24) is 20.0 Å². The van der Waals surface area contributed by atoms with Crippen molar-refractivity contribution in [3.05, 3.63) is 46.6 Å². The molecular weight excluding hydrogens is 432 g/mol. The minimum absolute atomic E-state index is 0.0548. The monoisotopic (exact) mass is 462 g/mol. The molecule has 4 rings (SSSR count). The van der Waals surface area contributed by atoms with Gasteiger partial charge < -0.3 is 20.1 Å². The third kappa shape index (κ3) is 4.80. The van der Waals surface area contributed by atoms with Crippen molar-refractivity contribution in [2.75, 3.05) is 38.2 Å². The summed E-state index contributed by atoms with van der Waals surface area (Å²) in [5.74, 6) is 1.36. The van der Waals surface area contributed by atoms with Crippen LogP contribution in [0.25, 0.3) is 22.8 Å². The predicted octanol–water partition coefficient (Wildman–Crippen LogP) is 2.55. The molecule has 0 aliphatic carbocycles. The molecule has 9 nitrogen and oxygen atoms in total. The Bertz CT molecular complexity index is 1180. The minimum atomic E-state index is -0.232. The summed E-state index contributed by atoms with van der Waals surface area (Å²) in [6, 6.07) is 7.77. The van der Waals surface area contributed by atoms with Gasteiger partial charge in [-0.15, -0.1) is 0 Å². The van der Waals surface area contributed by atoms with Crippen LogP contribution in [0, 0.1) is 18.3 Å². The first-order chi connectivity index (χ1) is 16.6. The van der Waals surface area contributed by atoms with Gasteiger partial charge in [-0.1, -0.05) is 24.2 Å². The number of nitriles is 1. The van der Waals surface area contributed by atoms with Crippen molar-refractivity contribution in [3.8, 4) is 28.9 Å². The molecule has 3 N–H and O–H groups in total. The molecule has 9 heteroatoms. The summed E-state index contributed by atoms with van der Waals surface area (Å²) in [5, 5.41) is 36.0. The van der Waals surface area contributed by atoms with Crippen LogP contribution in [0.4, 0.5) is 5.82 Å². The number of benzene rings is 1. The van der Waals surface area contributed by atoms with Crippen molar-refractivity contribution in [2.45, 2.75) is 39.2 Å². The van der Waals surface area contributed by atoms with Crippen LogP contribution in [-0.4, -0.2) is 69.1 Å². The molecule has 0 bridgehead atoms. The lowest BCUT2D eigenvalue weighted by atomic mass is 9.93. The fraction of sp³-hybridized carbons (Fsp3) is 0.440. The first-order valence-corrected chi connectivity index (χ1v) is 11.6. The summed E-state index contributed by atoms with van der Waals surface area (Å²) in [4.78, 5) is 11.1. The van der Waals surface area contributed by atoms with Gasteiger partial charge in [0.2, 0.25) is 5.82 Å². The van der Waals surface area contributed by atoms with E-state index in [2.05, 4.69) is 51.3 Å². The number of hydrogen-bond acceptors (Lipinski definition) is 9. The first-order valence-electron chi connectivity index (χ1n) is 11.6. The van der Waals surface area contributed by atoms with E-state index in [-0.39, 0.29) is 19.3 Å². The van der Waals surface area contributed by atoms with E-state index in [0.29, 0.717) is 28.7 Å². The van der Waals surface area contributed by atoms with E-state index in [0.717, 1.165) is 50.0 Å². The quantitative estimate of drug-likeness (QED) is 0.462. The largest absolute Gasteiger partial charge is 0.395 e. The molecule has 0 spiro atoms. The van der Waals surface area contributed by atoms with Gasteiger partial charge in [0.15, 0.2) is 0 Å². The summed E-state index contributed by atoms with van der Waals surface area (Å²) in [6.45, 7) is 6.31. The van der Waals surface area contributed by atoms with E-state index in [4.69, 9.17) is 4.52 Å². The molecule has 1 aromatic carbocycles. The fourth-order valence-corrected chi connectivity index (χ4v) is 4.42. The van der Waals surface area contributed by atoms with Gasteiger partial charge >= 0.3 is 0 Å². The summed E-state index contributed by atoms with van der Waals surface area (Å²) in [6.07, 6.45) is 4.24. The molecule has 2 aromatic heterocycles. The van der Waals surface area contributed by atoms with E-state index >= 15 is 0 Å². The Labute approximate surface area is 199 Å². The highest BCUT2D eigenvalue weighted by atomic mass is 16.5. The highest BCUT2D eigenvalue weighted by Gasteiger charge is 2.23. The fourth-order valence-electron chi connectivity index (χ4n) is 4.42. The molecule has 0 atom stereocenters. The van der Waals surface area contributed by atoms with Crippen LogP contribution in [0.3, 0.4) is 0 Å². The molecule has 0 saturated heterocycles. The second kappa shape index (κ2) is 10.7. The Hall–Kier alpha value is -3.32. The zero-order chi connectivity index (χ0) is 24.1. The molecule has 0 saturated carbocycles. The molecule has 0 fully saturated rings. The Morgan fingerprint density at radius 3 is 2.76 bits per heavy atom. The standard InChI is InChI=1S/C25H30N6O3/c1-3-8-27-23-18(12-26)11-19(13-28-23)25-29-24(30-34-25)22-5-4-17-6-9-31(20(14-32)15-33)10-7-21(17)16(22)2/h4-5,11,13,20,32-33H,3,6-10,14-15H2,1-2H3,(H,27,28). The number of anilines is 1. The molecule has 178 valence electrons. The van der Waals surface area contributed by atoms with Crippen molar-refractivity contribution in [2.24, 2.45) is 0 Å². The Kier molecular flexibility index (Phi) is 7.53. The van der Waals surface area contributed by atoms with Gasteiger partial charge in [-0.05, 0) is 48.9 Å². The number of hydrogen-bond donors (Lipinski definition) is 3. The molecule has 3 aromatic rings. The average molecular weight is 463 g/mol. The normalized spacial score (nSPS) is 14.0. The van der Waals surface area contributed by atoms with Crippen molar-refractivity contribution in [1.29, 1.82) is 5.26 Å². The number of aliphatic hydroxyl groups excluding tert-OH is 2. The highest BCUT2D eigenvalue weighted by molar-refractivity contribution is 5.67. The minimum Gasteiger partial charge on any atom is -0.395 e. The van der Waals surface area contributed by atoms with Gasteiger partial charge in [0.1, 0.15) is 11.9 Å². The third-order valence-corrected chi connectivity index (χ3v) is 6.42. The smallest absolute Gasteiger partial charge is 0.259 e. The lowest BCUT2D eigenvalue weighted by Crippen LogP contribution is -2.42. The summed E-state index contributed by atoms with van der Waals surface area (Å²) < 4.78 is 5.53. The maximum Gasteiger partial charge on any atom is 0.259 e. The van der Waals surface area contributed by atoms with Gasteiger partial charge in [0.25, 0.3) is 5.89 Å². The molecule has 1 aliphatic heterocycles. The van der Waals surface area contributed by atoms with Gasteiger partial charge in [0, 0.05) is 31.4 Å². The predicted molar refractivity (Wildman–Crippen MR) is 128 cm³/mol. The Balaban J connectivity index is 1.59. The van der Waals surface area contributed by atoms with Gasteiger partial charge in [0.05, 0.1) is 30.4 Å². The van der Waals surface area contributed by atoms with Gasteiger partial charge in [-0.25, -0.2) is 4.98 Å². The first kappa shape index (κ1) is 23.8. The van der Waals surface area contributed by atoms with E-state index < -0.39 is 0 Å². The van der Waals surface area contributed by atoms with E-state index in [1.165, 1.54) is 11.1 Å². The molecule has 0 unspecified atom stereocenters. The van der Waals surface area contributed by atoms with Crippen molar-refractivity contribution in [3.63, 3.8) is 0 Å².